The number of ether oxygens (including phenoxy) is 3. The molecule has 1 fully saturated rings. The van der Waals surface area contributed by atoms with E-state index in [-0.39, 0.29) is 28.6 Å². The third-order valence-corrected chi connectivity index (χ3v) is 5.88. The highest BCUT2D eigenvalue weighted by atomic mass is 16.7. The topological polar surface area (TPSA) is 159 Å². The normalized spacial score (nSPS) is 30.9. The van der Waals surface area contributed by atoms with Gasteiger partial charge in [0.25, 0.3) is 0 Å². The summed E-state index contributed by atoms with van der Waals surface area (Å²) in [6, 6.07) is 2.84. The predicted molar refractivity (Wildman–Crippen MR) is 106 cm³/mol. The predicted octanol–water partition coefficient (Wildman–Crippen LogP) is -0.294. The molecule has 1 aromatic carbocycles. The summed E-state index contributed by atoms with van der Waals surface area (Å²) in [6.07, 6.45) is -7.49. The van der Waals surface area contributed by atoms with Crippen LogP contribution < -0.4 is 10.2 Å². The highest BCUT2D eigenvalue weighted by molar-refractivity contribution is 5.87. The summed E-state index contributed by atoms with van der Waals surface area (Å²) in [5, 5.41) is 50.3. The Hall–Kier alpha value is -2.21. The molecule has 10 nitrogen and oxygen atoms in total. The molecule has 1 saturated heterocycles. The minimum absolute atomic E-state index is 0.0706. The number of aliphatic hydroxyl groups excluding tert-OH is 4. The van der Waals surface area contributed by atoms with Crippen LogP contribution in [0.25, 0.3) is 11.0 Å². The Kier molecular flexibility index (Phi) is 5.49. The third-order valence-electron chi connectivity index (χ3n) is 5.88. The average molecular weight is 438 g/mol. The fourth-order valence-corrected chi connectivity index (χ4v) is 4.05. The van der Waals surface area contributed by atoms with Crippen LogP contribution in [-0.4, -0.2) is 74.6 Å². The lowest BCUT2D eigenvalue weighted by atomic mass is 9.94. The monoisotopic (exact) mass is 438 g/mol. The summed E-state index contributed by atoms with van der Waals surface area (Å²) < 4.78 is 22.8. The Morgan fingerprint density at radius 1 is 1.16 bits per heavy atom. The van der Waals surface area contributed by atoms with Crippen molar-refractivity contribution in [2.45, 2.75) is 69.6 Å². The van der Waals surface area contributed by atoms with Crippen molar-refractivity contribution >= 4 is 11.0 Å². The van der Waals surface area contributed by atoms with E-state index in [1.165, 1.54) is 6.07 Å². The zero-order valence-electron chi connectivity index (χ0n) is 17.3. The van der Waals surface area contributed by atoms with E-state index in [0.29, 0.717) is 17.1 Å². The van der Waals surface area contributed by atoms with E-state index in [0.717, 1.165) is 0 Å². The molecule has 3 heterocycles. The van der Waals surface area contributed by atoms with E-state index in [4.69, 9.17) is 18.6 Å². The molecule has 0 saturated carbocycles. The number of phenolic OH excluding ortho intramolecular Hbond substituents is 1. The molecule has 2 aliphatic heterocycles. The van der Waals surface area contributed by atoms with Gasteiger partial charge < -0.3 is 44.2 Å². The first-order valence-corrected chi connectivity index (χ1v) is 9.97. The number of benzene rings is 1. The lowest BCUT2D eigenvalue weighted by molar-refractivity contribution is -0.329. The SMILES string of the molecule is Cc1cc(=O)c2c(O)c3c(cc2o1)O[C@@H](C(C)(C)O[C@@H]1O[C@@H](CO)[C@H](O)[C@@H](O)[C@@H]1O)C3. The Morgan fingerprint density at radius 3 is 2.55 bits per heavy atom. The van der Waals surface area contributed by atoms with Crippen molar-refractivity contribution in [2.75, 3.05) is 6.61 Å². The number of fused-ring (bicyclic) bond motifs is 2. The molecule has 2 aliphatic rings. The Balaban J connectivity index is 1.59. The number of rotatable bonds is 4. The minimum Gasteiger partial charge on any atom is -0.507 e. The quantitative estimate of drug-likeness (QED) is 0.429. The summed E-state index contributed by atoms with van der Waals surface area (Å²) in [7, 11) is 0. The van der Waals surface area contributed by atoms with Gasteiger partial charge in [0, 0.05) is 24.1 Å². The molecule has 0 aliphatic carbocycles. The maximum absolute atomic E-state index is 12.3. The number of aromatic hydroxyl groups is 1. The molecule has 0 amide bonds. The van der Waals surface area contributed by atoms with E-state index in [9.17, 15) is 30.3 Å². The van der Waals surface area contributed by atoms with Gasteiger partial charge in [-0.2, -0.15) is 0 Å². The zero-order valence-corrected chi connectivity index (χ0v) is 17.3. The van der Waals surface area contributed by atoms with Crippen molar-refractivity contribution in [1.29, 1.82) is 0 Å². The molecular formula is C21H26O10. The molecule has 6 atom stereocenters. The van der Waals surface area contributed by atoms with Gasteiger partial charge in [-0.15, -0.1) is 0 Å². The van der Waals surface area contributed by atoms with E-state index < -0.39 is 49.0 Å². The summed E-state index contributed by atoms with van der Waals surface area (Å²) in [4.78, 5) is 12.3. The van der Waals surface area contributed by atoms with Crippen LogP contribution in [0, 0.1) is 6.92 Å². The van der Waals surface area contributed by atoms with E-state index in [1.807, 2.05) is 0 Å². The van der Waals surface area contributed by atoms with E-state index in [2.05, 4.69) is 0 Å². The van der Waals surface area contributed by atoms with Crippen molar-refractivity contribution < 1.29 is 44.2 Å². The molecule has 0 bridgehead atoms. The van der Waals surface area contributed by atoms with Crippen molar-refractivity contribution in [1.82, 2.24) is 0 Å². The highest BCUT2D eigenvalue weighted by Crippen LogP contribution is 2.43. The van der Waals surface area contributed by atoms with Gasteiger partial charge in [-0.1, -0.05) is 0 Å². The molecule has 1 aromatic heterocycles. The number of hydrogen-bond acceptors (Lipinski definition) is 10. The van der Waals surface area contributed by atoms with Gasteiger partial charge in [-0.25, -0.2) is 0 Å². The van der Waals surface area contributed by atoms with Crippen LogP contribution in [0.5, 0.6) is 11.5 Å². The number of hydrogen-bond donors (Lipinski definition) is 5. The first kappa shape index (κ1) is 22.0. The summed E-state index contributed by atoms with van der Waals surface area (Å²) in [6.45, 7) is 4.41. The van der Waals surface area contributed by atoms with Gasteiger partial charge in [0.1, 0.15) is 64.3 Å². The largest absolute Gasteiger partial charge is 0.507 e. The van der Waals surface area contributed by atoms with Crippen molar-refractivity contribution in [3.8, 4) is 11.5 Å². The van der Waals surface area contributed by atoms with Crippen LogP contribution in [-0.2, 0) is 15.9 Å². The van der Waals surface area contributed by atoms with Crippen molar-refractivity contribution in [3.05, 3.63) is 33.7 Å². The molecule has 10 heteroatoms. The van der Waals surface area contributed by atoms with Gasteiger partial charge >= 0.3 is 0 Å². The van der Waals surface area contributed by atoms with Gasteiger partial charge in [0.15, 0.2) is 11.7 Å². The van der Waals surface area contributed by atoms with E-state index in [1.54, 1.807) is 26.8 Å². The molecule has 2 aromatic rings. The first-order valence-electron chi connectivity index (χ1n) is 9.97. The van der Waals surface area contributed by atoms with Crippen LogP contribution in [0.1, 0.15) is 25.2 Å². The Bertz CT molecular complexity index is 1040. The summed E-state index contributed by atoms with van der Waals surface area (Å²) >= 11 is 0. The second kappa shape index (κ2) is 7.73. The van der Waals surface area contributed by atoms with Gasteiger partial charge in [0.2, 0.25) is 0 Å². The fourth-order valence-electron chi connectivity index (χ4n) is 4.05. The van der Waals surface area contributed by atoms with Gasteiger partial charge in [0.05, 0.1) is 6.61 Å². The fraction of sp³-hybridized carbons (Fsp3) is 0.571. The van der Waals surface area contributed by atoms with Crippen LogP contribution >= 0.6 is 0 Å². The molecule has 170 valence electrons. The second-order valence-electron chi connectivity index (χ2n) is 8.53. The smallest absolute Gasteiger partial charge is 0.196 e. The lowest BCUT2D eigenvalue weighted by Crippen LogP contribution is -2.61. The Labute approximate surface area is 177 Å². The standard InChI is InChI=1S/C21H26O10/c1-8-4-10(23)15-12(28-8)6-11-9(16(15)24)5-14(29-11)21(2,3)31-20-19(27)18(26)17(25)13(7-22)30-20/h4,6,13-14,17-20,22,24-27H,5,7H2,1-3H3/t13-,14+,17-,18+,19-,20-/m0/s1. The lowest BCUT2D eigenvalue weighted by Gasteiger charge is -2.43. The molecule has 31 heavy (non-hydrogen) atoms. The van der Waals surface area contributed by atoms with Crippen LogP contribution in [0.4, 0.5) is 0 Å². The molecule has 0 unspecified atom stereocenters. The second-order valence-corrected chi connectivity index (χ2v) is 8.53. The van der Waals surface area contributed by atoms with Crippen LogP contribution in [0.15, 0.2) is 21.3 Å². The van der Waals surface area contributed by atoms with Crippen LogP contribution in [0.3, 0.4) is 0 Å². The van der Waals surface area contributed by atoms with Crippen LogP contribution in [0.2, 0.25) is 0 Å². The van der Waals surface area contributed by atoms with Gasteiger partial charge in [-0.3, -0.25) is 4.79 Å². The summed E-state index contributed by atoms with van der Waals surface area (Å²) in [5.41, 5.74) is -0.827. The van der Waals surface area contributed by atoms with Crippen molar-refractivity contribution in [3.63, 3.8) is 0 Å². The molecule has 4 rings (SSSR count). The van der Waals surface area contributed by atoms with Crippen molar-refractivity contribution in [2.24, 2.45) is 0 Å². The zero-order chi connectivity index (χ0) is 22.7. The number of aliphatic hydroxyl groups is 4. The summed E-state index contributed by atoms with van der Waals surface area (Å²) in [5.74, 6) is 0.527. The number of phenols is 1. The maximum Gasteiger partial charge on any atom is 0.196 e. The first-order chi connectivity index (χ1) is 14.5. The molecule has 0 spiro atoms. The molecular weight excluding hydrogens is 412 g/mol. The number of aryl methyl sites for hydroxylation is 1. The Morgan fingerprint density at radius 2 is 1.87 bits per heavy atom. The van der Waals surface area contributed by atoms with E-state index >= 15 is 0 Å². The third kappa shape index (κ3) is 3.69. The van der Waals surface area contributed by atoms with Gasteiger partial charge in [-0.05, 0) is 20.8 Å². The highest BCUT2D eigenvalue weighted by Gasteiger charge is 2.48. The maximum atomic E-state index is 12.3. The minimum atomic E-state index is -1.57. The molecule has 5 N–H and O–H groups in total. The average Bonchev–Trinajstić information content (AvgIpc) is 3.13. The molecule has 0 radical (unpaired) electrons.